The first-order chi connectivity index (χ1) is 15.7. The van der Waals surface area contributed by atoms with Gasteiger partial charge in [0.25, 0.3) is 5.91 Å². The Hall–Kier alpha value is -2.52. The summed E-state index contributed by atoms with van der Waals surface area (Å²) >= 11 is 0. The van der Waals surface area contributed by atoms with Crippen LogP contribution in [-0.4, -0.2) is 49.0 Å². The van der Waals surface area contributed by atoms with Gasteiger partial charge < -0.3 is 10.6 Å². The van der Waals surface area contributed by atoms with E-state index in [0.717, 1.165) is 37.1 Å². The first-order valence-electron chi connectivity index (χ1n) is 11.7. The number of hydrogen-bond donors (Lipinski definition) is 2. The zero-order valence-corrected chi connectivity index (χ0v) is 20.1. The molecule has 1 aromatic rings. The van der Waals surface area contributed by atoms with Gasteiger partial charge in [-0.25, -0.2) is 8.42 Å². The highest BCUT2D eigenvalue weighted by Gasteiger charge is 2.48. The first-order valence-corrected chi connectivity index (χ1v) is 13.2. The molecule has 2 aliphatic heterocycles. The molecule has 9 heteroatoms. The molecule has 0 bridgehead atoms. The molecule has 1 saturated heterocycles. The molecule has 0 aromatic heterocycles. The highest BCUT2D eigenvalue weighted by Crippen LogP contribution is 2.35. The number of sulfonamides is 1. The van der Waals surface area contributed by atoms with E-state index in [-0.39, 0.29) is 24.9 Å². The molecule has 2 fully saturated rings. The van der Waals surface area contributed by atoms with Gasteiger partial charge in [0.2, 0.25) is 15.9 Å². The van der Waals surface area contributed by atoms with Crippen molar-refractivity contribution in [3.05, 3.63) is 34.7 Å². The van der Waals surface area contributed by atoms with Gasteiger partial charge in [0.15, 0.2) is 0 Å². The number of nitrogens with zero attached hydrogens (tertiary/aromatic N) is 2. The number of rotatable bonds is 5. The number of aliphatic imine (C=N–C) groups is 1. The lowest BCUT2D eigenvalue weighted by Crippen LogP contribution is -2.50. The first kappa shape index (κ1) is 23.6. The van der Waals surface area contributed by atoms with Crippen molar-refractivity contribution in [1.29, 1.82) is 0 Å². The van der Waals surface area contributed by atoms with Gasteiger partial charge in [0.1, 0.15) is 11.4 Å². The third-order valence-electron chi connectivity index (χ3n) is 6.94. The van der Waals surface area contributed by atoms with Crippen LogP contribution in [-0.2, 0) is 19.6 Å². The zero-order valence-electron chi connectivity index (χ0n) is 19.3. The normalized spacial score (nSPS) is 21.9. The molecule has 0 unspecified atom stereocenters. The summed E-state index contributed by atoms with van der Waals surface area (Å²) in [5.41, 5.74) is 1.25. The van der Waals surface area contributed by atoms with Crippen molar-refractivity contribution in [3.8, 4) is 0 Å². The van der Waals surface area contributed by atoms with E-state index in [0.29, 0.717) is 30.0 Å². The third-order valence-corrected chi connectivity index (χ3v) is 8.51. The van der Waals surface area contributed by atoms with Crippen LogP contribution in [0.1, 0.15) is 63.0 Å². The zero-order chi connectivity index (χ0) is 23.6. The Morgan fingerprint density at radius 3 is 2.58 bits per heavy atom. The topological polar surface area (TPSA) is 108 Å². The average molecular weight is 473 g/mol. The van der Waals surface area contributed by atoms with Crippen LogP contribution >= 0.6 is 0 Å². The minimum absolute atomic E-state index is 0.0875. The second kappa shape index (κ2) is 9.38. The monoisotopic (exact) mass is 472 g/mol. The van der Waals surface area contributed by atoms with Crippen molar-refractivity contribution in [3.63, 3.8) is 0 Å². The van der Waals surface area contributed by atoms with E-state index in [1.165, 1.54) is 29.1 Å². The molecule has 2 amide bonds. The number of anilines is 1. The number of amidine groups is 1. The Labute approximate surface area is 195 Å². The van der Waals surface area contributed by atoms with Crippen molar-refractivity contribution in [2.45, 2.75) is 64.3 Å². The highest BCUT2D eigenvalue weighted by molar-refractivity contribution is 7.92. The molecule has 2 heterocycles. The smallest absolute Gasteiger partial charge is 0.253 e. The summed E-state index contributed by atoms with van der Waals surface area (Å²) in [5.74, 6) is 0.817. The minimum atomic E-state index is -3.68. The Morgan fingerprint density at radius 1 is 1.21 bits per heavy atom. The average Bonchev–Trinajstić information content (AvgIpc) is 3.09. The molecule has 1 spiro atoms. The van der Waals surface area contributed by atoms with Crippen LogP contribution in [0.15, 0.2) is 28.6 Å². The Kier molecular flexibility index (Phi) is 6.72. The number of nitrogens with one attached hydrogen (secondary N) is 2. The van der Waals surface area contributed by atoms with E-state index in [1.807, 2.05) is 19.1 Å². The molecule has 0 radical (unpaired) electrons. The molecule has 4 rings (SSSR count). The number of benzene rings is 1. The maximum absolute atomic E-state index is 13.0. The molecule has 3 aliphatic rings. The molecule has 1 aromatic carbocycles. The Bertz CT molecular complexity index is 1100. The highest BCUT2D eigenvalue weighted by atomic mass is 32.2. The van der Waals surface area contributed by atoms with E-state index < -0.39 is 15.6 Å². The van der Waals surface area contributed by atoms with Gasteiger partial charge in [-0.05, 0) is 50.3 Å². The number of amides is 2. The summed E-state index contributed by atoms with van der Waals surface area (Å²) in [6, 6.07) is 5.42. The Morgan fingerprint density at radius 2 is 1.91 bits per heavy atom. The largest absolute Gasteiger partial charge is 0.326 e. The van der Waals surface area contributed by atoms with Crippen LogP contribution < -0.4 is 10.6 Å². The predicted octanol–water partition coefficient (Wildman–Crippen LogP) is 3.20. The van der Waals surface area contributed by atoms with Crippen LogP contribution in [0, 0.1) is 12.8 Å². The van der Waals surface area contributed by atoms with Crippen molar-refractivity contribution in [2.75, 3.05) is 18.4 Å². The lowest BCUT2D eigenvalue weighted by atomic mass is 9.88. The molecular weight excluding hydrogens is 440 g/mol. The third kappa shape index (κ3) is 5.04. The quantitative estimate of drug-likeness (QED) is 0.686. The van der Waals surface area contributed by atoms with Gasteiger partial charge in [-0.2, -0.15) is 4.31 Å². The van der Waals surface area contributed by atoms with Crippen LogP contribution in [0.2, 0.25) is 0 Å². The van der Waals surface area contributed by atoms with E-state index >= 15 is 0 Å². The van der Waals surface area contributed by atoms with Crippen LogP contribution in [0.4, 0.5) is 5.69 Å². The van der Waals surface area contributed by atoms with Crippen LogP contribution in [0.25, 0.3) is 6.08 Å². The van der Waals surface area contributed by atoms with E-state index in [2.05, 4.69) is 10.6 Å². The van der Waals surface area contributed by atoms with E-state index in [9.17, 15) is 18.0 Å². The number of aryl methyl sites for hydroxylation is 1. The van der Waals surface area contributed by atoms with Crippen LogP contribution in [0.3, 0.4) is 0 Å². The number of carbonyl (C=O) groups excluding carboxylic acids is 2. The second-order valence-corrected chi connectivity index (χ2v) is 11.1. The molecular formula is C24H32N4O4S. The van der Waals surface area contributed by atoms with Gasteiger partial charge in [0.05, 0.1) is 0 Å². The number of carbonyl (C=O) groups is 2. The fourth-order valence-electron chi connectivity index (χ4n) is 5.00. The minimum Gasteiger partial charge on any atom is -0.326 e. The molecule has 2 N–H and O–H groups in total. The molecule has 8 nitrogen and oxygen atoms in total. The van der Waals surface area contributed by atoms with Gasteiger partial charge >= 0.3 is 0 Å². The van der Waals surface area contributed by atoms with Gasteiger partial charge in [-0.3, -0.25) is 14.6 Å². The maximum Gasteiger partial charge on any atom is 0.253 e. The molecule has 33 heavy (non-hydrogen) atoms. The SMILES string of the molecule is CC(=O)Nc1cccc(C)c1C=CS(=O)(=O)N1CCC2(CC1)N=C(C1CCCCC1)NC2=O. The summed E-state index contributed by atoms with van der Waals surface area (Å²) in [6.45, 7) is 3.77. The summed E-state index contributed by atoms with van der Waals surface area (Å²) in [4.78, 5) is 29.1. The van der Waals surface area contributed by atoms with Gasteiger partial charge in [0, 0.05) is 42.6 Å². The van der Waals surface area contributed by atoms with Crippen molar-refractivity contribution in [2.24, 2.45) is 10.9 Å². The lowest BCUT2D eigenvalue weighted by Gasteiger charge is -2.34. The standard InChI is InChI=1S/C24H32N4O4S/c1-17-7-6-10-21(25-18(2)29)20(17)11-16-33(31,32)28-14-12-24(13-15-28)23(30)26-22(27-24)19-8-4-3-5-9-19/h6-7,10-11,16,19H,3-5,8-9,12-15H2,1-2H3,(H,25,29)(H,26,27,30). The number of hydrogen-bond acceptors (Lipinski definition) is 5. The van der Waals surface area contributed by atoms with Crippen LogP contribution in [0.5, 0.6) is 0 Å². The second-order valence-electron chi connectivity index (χ2n) is 9.28. The van der Waals surface area contributed by atoms with E-state index in [4.69, 9.17) is 4.99 Å². The summed E-state index contributed by atoms with van der Waals surface area (Å²) in [6.07, 6.45) is 7.96. The summed E-state index contributed by atoms with van der Waals surface area (Å²) in [5, 5.41) is 6.93. The fraction of sp³-hybridized carbons (Fsp3) is 0.542. The van der Waals surface area contributed by atoms with Crippen molar-refractivity contribution in [1.82, 2.24) is 9.62 Å². The molecule has 1 aliphatic carbocycles. The predicted molar refractivity (Wildman–Crippen MR) is 129 cm³/mol. The summed E-state index contributed by atoms with van der Waals surface area (Å²) < 4.78 is 27.4. The van der Waals surface area contributed by atoms with Gasteiger partial charge in [-0.1, -0.05) is 31.4 Å². The van der Waals surface area contributed by atoms with Crippen molar-refractivity contribution < 1.29 is 18.0 Å². The molecule has 178 valence electrons. The fourth-order valence-corrected chi connectivity index (χ4v) is 6.17. The summed E-state index contributed by atoms with van der Waals surface area (Å²) in [7, 11) is -3.68. The Balaban J connectivity index is 1.46. The molecule has 1 saturated carbocycles. The van der Waals surface area contributed by atoms with Crippen molar-refractivity contribution >= 4 is 39.4 Å². The molecule has 0 atom stereocenters. The lowest BCUT2D eigenvalue weighted by molar-refractivity contribution is -0.125. The maximum atomic E-state index is 13.0. The van der Waals surface area contributed by atoms with E-state index in [1.54, 1.807) is 6.07 Å². The number of piperidine rings is 1. The van der Waals surface area contributed by atoms with Gasteiger partial charge in [-0.15, -0.1) is 0 Å².